The Bertz CT molecular complexity index is 1100. The van der Waals surface area contributed by atoms with Gasteiger partial charge in [-0.05, 0) is 49.0 Å². The molecule has 0 aliphatic heterocycles. The van der Waals surface area contributed by atoms with E-state index in [1.54, 1.807) is 25.1 Å². The largest absolute Gasteiger partial charge is 2.00 e. The van der Waals surface area contributed by atoms with E-state index < -0.39 is 11.5 Å². The number of nitrogens with zero attached hydrogens (tertiary/aromatic N) is 2. The van der Waals surface area contributed by atoms with Crippen molar-refractivity contribution >= 4 is 5.78 Å². The molecule has 0 spiro atoms. The van der Waals surface area contributed by atoms with Crippen molar-refractivity contribution in [3.05, 3.63) is 100 Å². The molecule has 2 aromatic carbocycles. The molecular weight excluding hydrogens is 567 g/mol. The molecule has 1 heterocycles. The molecule has 1 aromatic heterocycles. The van der Waals surface area contributed by atoms with Crippen molar-refractivity contribution in [1.82, 2.24) is 9.78 Å². The van der Waals surface area contributed by atoms with E-state index in [4.69, 9.17) is 0 Å². The van der Waals surface area contributed by atoms with E-state index in [-0.39, 0.29) is 42.3 Å². The van der Waals surface area contributed by atoms with Crippen molar-refractivity contribution < 1.29 is 34.8 Å². The Hall–Kier alpha value is -2.54. The second kappa shape index (κ2) is 9.72. The molecule has 0 saturated carbocycles. The Morgan fingerprint density at radius 3 is 2.13 bits per heavy atom. The zero-order chi connectivity index (χ0) is 22.1. The Labute approximate surface area is 196 Å². The van der Waals surface area contributed by atoms with E-state index >= 15 is 0 Å². The predicted molar refractivity (Wildman–Crippen MR) is 113 cm³/mol. The molecule has 1 aliphatic rings. The summed E-state index contributed by atoms with van der Waals surface area (Å²) in [6.45, 7) is 9.72. The third-order valence-electron chi connectivity index (χ3n) is 5.30. The fraction of sp³-hybridized carbons (Fsp3) is 0.280. The molecule has 4 rings (SSSR count). The summed E-state index contributed by atoms with van der Waals surface area (Å²) in [5.74, 6) is -0.481. The maximum atomic E-state index is 13.2. The Kier molecular flexibility index (Phi) is 7.75. The first-order valence-corrected chi connectivity index (χ1v) is 9.97. The summed E-state index contributed by atoms with van der Waals surface area (Å²) in [6, 6.07) is 15.1. The number of ketones is 1. The first-order valence-electron chi connectivity index (χ1n) is 9.97. The standard InChI is InChI=1S/C15H13N2O3.C10H14.Os/c1-9-7-16-17(8-9)15(20)12-6-4-3-5-11(12)13(18)10(2)14(15)19;1-8(2)10-6-4-9(3)5-7-10;/h3-8,19H,1-2H3;4-8H,1-3H3;/q-1;;+2/p-1/t15-;;/m1../s1. The molecule has 0 N–H and O–H groups in total. The van der Waals surface area contributed by atoms with E-state index in [1.807, 2.05) is 0 Å². The molecule has 0 saturated heterocycles. The van der Waals surface area contributed by atoms with Gasteiger partial charge in [0.05, 0.1) is 6.20 Å². The number of hydrogen-bond donors (Lipinski definition) is 0. The van der Waals surface area contributed by atoms with Gasteiger partial charge < -0.3 is 10.2 Å². The third-order valence-corrected chi connectivity index (χ3v) is 5.30. The van der Waals surface area contributed by atoms with Crippen molar-refractivity contribution in [2.75, 3.05) is 0 Å². The van der Waals surface area contributed by atoms with Gasteiger partial charge in [0.25, 0.3) is 0 Å². The predicted octanol–water partition coefficient (Wildman–Crippen LogP) is 3.20. The molecule has 0 bridgehead atoms. The number of Topliss-reactive ketones (excluding diaryl/α,β-unsaturated/α-hetero) is 1. The molecule has 31 heavy (non-hydrogen) atoms. The van der Waals surface area contributed by atoms with E-state index in [0.29, 0.717) is 5.92 Å². The Morgan fingerprint density at radius 2 is 1.58 bits per heavy atom. The van der Waals surface area contributed by atoms with Gasteiger partial charge >= 0.3 is 19.8 Å². The van der Waals surface area contributed by atoms with Gasteiger partial charge in [0.15, 0.2) is 5.78 Å². The van der Waals surface area contributed by atoms with Gasteiger partial charge in [0.2, 0.25) is 0 Å². The number of aryl methyl sites for hydroxylation is 2. The normalized spacial score (nSPS) is 17.6. The van der Waals surface area contributed by atoms with Crippen LogP contribution < -0.4 is 10.2 Å². The van der Waals surface area contributed by atoms with Crippen LogP contribution in [-0.2, 0) is 25.5 Å². The van der Waals surface area contributed by atoms with Gasteiger partial charge in [-0.3, -0.25) is 9.48 Å². The van der Waals surface area contributed by atoms with Crippen LogP contribution in [0, 0.1) is 13.8 Å². The first kappa shape index (κ1) is 24.7. The number of carbonyl (C=O) groups is 1. The minimum absolute atomic E-state index is 0. The SMILES string of the molecule is CC1=C([O-])[C@@]([O-])(n2cc(C)cn2)c2ccccc2C1=O.Cc1ccc(C(C)C)cc1.[Os+2]. The first-order chi connectivity index (χ1) is 14.2. The molecule has 1 aliphatic carbocycles. The monoisotopic (exact) mass is 594 g/mol. The smallest absolute Gasteiger partial charge is 0.874 e. The van der Waals surface area contributed by atoms with Gasteiger partial charge in [0, 0.05) is 17.5 Å². The van der Waals surface area contributed by atoms with Gasteiger partial charge in [-0.2, -0.15) is 5.10 Å². The number of hydrogen-bond acceptors (Lipinski definition) is 4. The van der Waals surface area contributed by atoms with Crippen LogP contribution in [0.5, 0.6) is 0 Å². The van der Waals surface area contributed by atoms with Crippen LogP contribution in [0.4, 0.5) is 0 Å². The van der Waals surface area contributed by atoms with Crippen LogP contribution in [0.15, 0.2) is 72.3 Å². The van der Waals surface area contributed by atoms with E-state index in [2.05, 4.69) is 50.1 Å². The summed E-state index contributed by atoms with van der Waals surface area (Å²) < 4.78 is 1.10. The third kappa shape index (κ3) is 4.71. The molecule has 5 nitrogen and oxygen atoms in total. The topological polar surface area (TPSA) is 81.0 Å². The van der Waals surface area contributed by atoms with Crippen LogP contribution in [0.2, 0.25) is 0 Å². The minimum Gasteiger partial charge on any atom is -0.874 e. The van der Waals surface area contributed by atoms with Gasteiger partial charge in [0.1, 0.15) is 0 Å². The number of aromatic nitrogens is 2. The van der Waals surface area contributed by atoms with Crippen molar-refractivity contribution in [3.8, 4) is 0 Å². The van der Waals surface area contributed by atoms with Crippen LogP contribution in [0.25, 0.3) is 0 Å². The quantitative estimate of drug-likeness (QED) is 0.458. The summed E-state index contributed by atoms with van der Waals surface area (Å²) in [6.07, 6.45) is 3.03. The van der Waals surface area contributed by atoms with Crippen molar-refractivity contribution in [1.29, 1.82) is 0 Å². The maximum absolute atomic E-state index is 13.2. The van der Waals surface area contributed by atoms with Gasteiger partial charge in [-0.15, -0.1) is 5.76 Å². The zero-order valence-electron chi connectivity index (χ0n) is 18.3. The number of fused-ring (bicyclic) bond motifs is 1. The van der Waals surface area contributed by atoms with Crippen LogP contribution in [0.3, 0.4) is 0 Å². The summed E-state index contributed by atoms with van der Waals surface area (Å²) in [5.41, 5.74) is 1.71. The summed E-state index contributed by atoms with van der Waals surface area (Å²) >= 11 is 0. The van der Waals surface area contributed by atoms with Gasteiger partial charge in [-0.25, -0.2) is 0 Å². The number of rotatable bonds is 2. The van der Waals surface area contributed by atoms with Crippen molar-refractivity contribution in [2.24, 2.45) is 0 Å². The van der Waals surface area contributed by atoms with Crippen LogP contribution in [-0.4, -0.2) is 15.6 Å². The van der Waals surface area contributed by atoms with Crippen LogP contribution in [0.1, 0.15) is 59.3 Å². The number of benzene rings is 2. The molecule has 1 atom stereocenters. The Morgan fingerprint density at radius 1 is 0.968 bits per heavy atom. The number of allylic oxidation sites excluding steroid dienone is 1. The van der Waals surface area contributed by atoms with Crippen LogP contribution >= 0.6 is 0 Å². The summed E-state index contributed by atoms with van der Waals surface area (Å²) in [4.78, 5) is 12.1. The zero-order valence-corrected chi connectivity index (χ0v) is 20.9. The van der Waals surface area contributed by atoms with Gasteiger partial charge in [-0.1, -0.05) is 67.9 Å². The Balaban J connectivity index is 0.000000264. The summed E-state index contributed by atoms with van der Waals surface area (Å²) in [7, 11) is 0. The van der Waals surface area contributed by atoms with Crippen molar-refractivity contribution in [2.45, 2.75) is 46.3 Å². The second-order valence-corrected chi connectivity index (χ2v) is 8.00. The average molecular weight is 593 g/mol. The minimum atomic E-state index is -2.21. The number of carbonyl (C=O) groups excluding carboxylic acids is 1. The molecule has 162 valence electrons. The van der Waals surface area contributed by atoms with E-state index in [0.717, 1.165) is 10.2 Å². The maximum Gasteiger partial charge on any atom is 2.00 e. The second-order valence-electron chi connectivity index (χ2n) is 8.00. The molecule has 6 heteroatoms. The molecule has 0 fully saturated rings. The van der Waals surface area contributed by atoms with Crippen molar-refractivity contribution in [3.63, 3.8) is 0 Å². The fourth-order valence-corrected chi connectivity index (χ4v) is 3.42. The van der Waals surface area contributed by atoms with E-state index in [1.165, 1.54) is 36.5 Å². The van der Waals surface area contributed by atoms with E-state index in [9.17, 15) is 15.0 Å². The summed E-state index contributed by atoms with van der Waals surface area (Å²) in [5, 5.41) is 29.6. The molecule has 3 aromatic rings. The molecular formula is C25H26N2O3Os. The average Bonchev–Trinajstić information content (AvgIpc) is 3.18. The molecule has 0 unspecified atom stereocenters. The molecule has 0 amide bonds. The fourth-order valence-electron chi connectivity index (χ4n) is 3.42. The molecule has 0 radical (unpaired) electrons.